The van der Waals surface area contributed by atoms with E-state index < -0.39 is 0 Å². The van der Waals surface area contributed by atoms with Gasteiger partial charge in [0.15, 0.2) is 0 Å². The Balaban J connectivity index is 2.30. The van der Waals surface area contributed by atoms with Crippen LogP contribution in [0.5, 0.6) is 0 Å². The van der Waals surface area contributed by atoms with E-state index >= 15 is 0 Å². The van der Waals surface area contributed by atoms with Crippen molar-refractivity contribution in [3.8, 4) is 0 Å². The minimum absolute atomic E-state index is 0.0369. The zero-order valence-electron chi connectivity index (χ0n) is 9.24. The summed E-state index contributed by atoms with van der Waals surface area (Å²) in [6.45, 7) is 6.11. The minimum Gasteiger partial charge on any atom is -0.312 e. The van der Waals surface area contributed by atoms with Gasteiger partial charge in [-0.2, -0.15) is 0 Å². The Labute approximate surface area is 94.4 Å². The lowest BCUT2D eigenvalue weighted by Gasteiger charge is -2.16. The first-order valence-corrected chi connectivity index (χ1v) is 5.30. The number of halogens is 1. The maximum atomic E-state index is 13.2. The molecule has 0 saturated carbocycles. The first-order chi connectivity index (χ1) is 7.60. The van der Waals surface area contributed by atoms with Crippen molar-refractivity contribution in [2.24, 2.45) is 5.92 Å². The average Bonchev–Trinajstić information content (AvgIpc) is 2.58. The molecule has 1 aromatic rings. The van der Waals surface area contributed by atoms with E-state index in [0.29, 0.717) is 18.7 Å². The molecular weight excluding hydrogens is 205 g/mol. The van der Waals surface area contributed by atoms with Crippen LogP contribution in [0.2, 0.25) is 0 Å². The van der Waals surface area contributed by atoms with E-state index in [2.05, 4.69) is 6.58 Å². The fraction of sp³-hybridized carbons (Fsp3) is 0.308. The summed E-state index contributed by atoms with van der Waals surface area (Å²) in [5.41, 5.74) is 1.47. The summed E-state index contributed by atoms with van der Waals surface area (Å²) in [6, 6.07) is 4.68. The Kier molecular flexibility index (Phi) is 2.77. The minimum atomic E-state index is -0.301. The maximum Gasteiger partial charge on any atom is 0.227 e. The summed E-state index contributed by atoms with van der Waals surface area (Å²) in [7, 11) is 0. The predicted octanol–water partition coefficient (Wildman–Crippen LogP) is 2.67. The van der Waals surface area contributed by atoms with E-state index in [0.717, 1.165) is 5.56 Å². The quantitative estimate of drug-likeness (QED) is 0.700. The Hall–Kier alpha value is -1.64. The molecule has 1 aromatic carbocycles. The SMILES string of the molecule is C=CC1CC(=O)N(c2cc(C)cc(F)c2)C1. The van der Waals surface area contributed by atoms with Gasteiger partial charge in [-0.15, -0.1) is 6.58 Å². The monoisotopic (exact) mass is 219 g/mol. The van der Waals surface area contributed by atoms with Gasteiger partial charge >= 0.3 is 0 Å². The number of amides is 1. The smallest absolute Gasteiger partial charge is 0.227 e. The van der Waals surface area contributed by atoms with Gasteiger partial charge in [0.05, 0.1) is 0 Å². The first kappa shape index (κ1) is 10.9. The van der Waals surface area contributed by atoms with Crippen LogP contribution >= 0.6 is 0 Å². The van der Waals surface area contributed by atoms with Crippen LogP contribution in [0.1, 0.15) is 12.0 Å². The molecule has 0 bridgehead atoms. The third-order valence-corrected chi connectivity index (χ3v) is 2.83. The van der Waals surface area contributed by atoms with E-state index in [4.69, 9.17) is 0 Å². The third kappa shape index (κ3) is 1.98. The molecule has 84 valence electrons. The van der Waals surface area contributed by atoms with Gasteiger partial charge in [0.25, 0.3) is 0 Å². The summed E-state index contributed by atoms with van der Waals surface area (Å²) >= 11 is 0. The number of rotatable bonds is 2. The summed E-state index contributed by atoms with van der Waals surface area (Å²) < 4.78 is 13.2. The highest BCUT2D eigenvalue weighted by Crippen LogP contribution is 2.26. The summed E-state index contributed by atoms with van der Waals surface area (Å²) in [4.78, 5) is 13.3. The Morgan fingerprint density at radius 2 is 2.25 bits per heavy atom. The van der Waals surface area contributed by atoms with Crippen molar-refractivity contribution in [1.82, 2.24) is 0 Å². The van der Waals surface area contributed by atoms with Crippen molar-refractivity contribution in [2.75, 3.05) is 11.4 Å². The van der Waals surface area contributed by atoms with E-state index in [1.54, 1.807) is 11.0 Å². The highest BCUT2D eigenvalue weighted by Gasteiger charge is 2.28. The van der Waals surface area contributed by atoms with Crippen LogP contribution in [0.25, 0.3) is 0 Å². The zero-order valence-corrected chi connectivity index (χ0v) is 9.24. The fourth-order valence-electron chi connectivity index (χ4n) is 2.02. The van der Waals surface area contributed by atoms with E-state index in [1.807, 2.05) is 13.0 Å². The lowest BCUT2D eigenvalue weighted by atomic mass is 10.1. The standard InChI is InChI=1S/C13H14FNO/c1-3-10-6-13(16)15(8-10)12-5-9(2)4-11(14)7-12/h3-5,7,10H,1,6,8H2,2H3. The number of hydrogen-bond acceptors (Lipinski definition) is 1. The normalized spacial score (nSPS) is 20.2. The molecule has 3 heteroatoms. The van der Waals surface area contributed by atoms with Crippen molar-refractivity contribution in [3.05, 3.63) is 42.2 Å². The van der Waals surface area contributed by atoms with Gasteiger partial charge < -0.3 is 4.90 Å². The van der Waals surface area contributed by atoms with E-state index in [1.165, 1.54) is 12.1 Å². The van der Waals surface area contributed by atoms with Gasteiger partial charge in [-0.05, 0) is 30.7 Å². The van der Waals surface area contributed by atoms with Gasteiger partial charge in [-0.25, -0.2) is 4.39 Å². The molecule has 2 nitrogen and oxygen atoms in total. The molecule has 16 heavy (non-hydrogen) atoms. The second-order valence-electron chi connectivity index (χ2n) is 4.19. The fourth-order valence-corrected chi connectivity index (χ4v) is 2.02. The van der Waals surface area contributed by atoms with Crippen LogP contribution in [0.15, 0.2) is 30.9 Å². The van der Waals surface area contributed by atoms with Crippen LogP contribution in [0, 0.1) is 18.7 Å². The van der Waals surface area contributed by atoms with Crippen LogP contribution < -0.4 is 4.90 Å². The molecule has 1 atom stereocenters. The lowest BCUT2D eigenvalue weighted by molar-refractivity contribution is -0.117. The molecular formula is C13H14FNO. The summed E-state index contributed by atoms with van der Waals surface area (Å²) in [5, 5.41) is 0. The van der Waals surface area contributed by atoms with Gasteiger partial charge in [0.2, 0.25) is 5.91 Å². The second-order valence-corrected chi connectivity index (χ2v) is 4.19. The molecule has 0 spiro atoms. The van der Waals surface area contributed by atoms with Crippen molar-refractivity contribution in [3.63, 3.8) is 0 Å². The van der Waals surface area contributed by atoms with E-state index in [9.17, 15) is 9.18 Å². The lowest BCUT2D eigenvalue weighted by Crippen LogP contribution is -2.24. The number of carbonyl (C=O) groups excluding carboxylic acids is 1. The van der Waals surface area contributed by atoms with Crippen LogP contribution in [0.3, 0.4) is 0 Å². The van der Waals surface area contributed by atoms with Crippen molar-refractivity contribution in [2.45, 2.75) is 13.3 Å². The Morgan fingerprint density at radius 3 is 2.81 bits per heavy atom. The Bertz CT molecular complexity index is 421. The van der Waals surface area contributed by atoms with E-state index in [-0.39, 0.29) is 17.6 Å². The number of hydrogen-bond donors (Lipinski definition) is 0. The highest BCUT2D eigenvalue weighted by molar-refractivity contribution is 5.96. The van der Waals surface area contributed by atoms with Gasteiger partial charge in [-0.1, -0.05) is 6.08 Å². The van der Waals surface area contributed by atoms with Crippen molar-refractivity contribution < 1.29 is 9.18 Å². The average molecular weight is 219 g/mol. The molecule has 0 aromatic heterocycles. The molecule has 0 N–H and O–H groups in total. The first-order valence-electron chi connectivity index (χ1n) is 5.30. The zero-order chi connectivity index (χ0) is 11.7. The molecule has 1 amide bonds. The number of anilines is 1. The maximum absolute atomic E-state index is 13.2. The van der Waals surface area contributed by atoms with Gasteiger partial charge in [0, 0.05) is 24.6 Å². The summed E-state index contributed by atoms with van der Waals surface area (Å²) in [5.74, 6) is -0.0872. The van der Waals surface area contributed by atoms with Crippen LogP contribution in [-0.4, -0.2) is 12.5 Å². The van der Waals surface area contributed by atoms with Gasteiger partial charge in [0.1, 0.15) is 5.82 Å². The number of nitrogens with zero attached hydrogens (tertiary/aromatic N) is 1. The highest BCUT2D eigenvalue weighted by atomic mass is 19.1. The number of aryl methyl sites for hydroxylation is 1. The molecule has 1 aliphatic heterocycles. The largest absolute Gasteiger partial charge is 0.312 e. The van der Waals surface area contributed by atoms with Crippen molar-refractivity contribution >= 4 is 11.6 Å². The summed E-state index contributed by atoms with van der Waals surface area (Å²) in [6.07, 6.45) is 2.25. The molecule has 1 aliphatic rings. The van der Waals surface area contributed by atoms with Crippen LogP contribution in [0.4, 0.5) is 10.1 Å². The Morgan fingerprint density at radius 1 is 1.50 bits per heavy atom. The predicted molar refractivity (Wildman–Crippen MR) is 61.8 cm³/mol. The van der Waals surface area contributed by atoms with Gasteiger partial charge in [-0.3, -0.25) is 4.79 Å². The number of carbonyl (C=O) groups is 1. The van der Waals surface area contributed by atoms with Crippen LogP contribution in [-0.2, 0) is 4.79 Å². The molecule has 2 rings (SSSR count). The molecule has 1 unspecified atom stereocenters. The topological polar surface area (TPSA) is 20.3 Å². The molecule has 0 aliphatic carbocycles. The second kappa shape index (κ2) is 4.08. The molecule has 1 heterocycles. The molecule has 1 fully saturated rings. The molecule has 1 saturated heterocycles. The molecule has 0 radical (unpaired) electrons. The number of benzene rings is 1. The van der Waals surface area contributed by atoms with Crippen molar-refractivity contribution in [1.29, 1.82) is 0 Å². The third-order valence-electron chi connectivity index (χ3n) is 2.83.